The van der Waals surface area contributed by atoms with Gasteiger partial charge in [0, 0.05) is 30.2 Å². The summed E-state index contributed by atoms with van der Waals surface area (Å²) in [5, 5.41) is 6.90. The van der Waals surface area contributed by atoms with Gasteiger partial charge >= 0.3 is 0 Å². The lowest BCUT2D eigenvalue weighted by atomic mass is 10.2. The molecule has 0 aliphatic heterocycles. The summed E-state index contributed by atoms with van der Waals surface area (Å²) < 4.78 is 6.06. The standard InChI is InChI=1S/C24H20ClN7O/c1-14-12-20-21(13-18(14)25)32-24(31-20)29-15-5-7-16(8-6-15)33-22-17(4-3-10-27-22)19-9-11-28-23(26-2)30-19/h3-13H,1-2H3,(H,26,28,30)(H2,29,31,32). The van der Waals surface area contributed by atoms with E-state index in [1.807, 2.05) is 61.5 Å². The second kappa shape index (κ2) is 8.76. The number of benzene rings is 2. The van der Waals surface area contributed by atoms with Gasteiger partial charge in [-0.25, -0.2) is 19.9 Å². The maximum absolute atomic E-state index is 6.20. The summed E-state index contributed by atoms with van der Waals surface area (Å²) in [6, 6.07) is 17.0. The maximum Gasteiger partial charge on any atom is 0.228 e. The van der Waals surface area contributed by atoms with E-state index in [2.05, 4.69) is 35.6 Å². The van der Waals surface area contributed by atoms with Crippen molar-refractivity contribution in [1.82, 2.24) is 24.9 Å². The summed E-state index contributed by atoms with van der Waals surface area (Å²) in [6.07, 6.45) is 3.38. The van der Waals surface area contributed by atoms with Crippen molar-refractivity contribution in [3.05, 3.63) is 77.6 Å². The zero-order valence-corrected chi connectivity index (χ0v) is 18.7. The molecule has 9 heteroatoms. The van der Waals surface area contributed by atoms with E-state index in [0.717, 1.165) is 33.5 Å². The SMILES string of the molecule is CNc1nccc(-c2cccnc2Oc2ccc(Nc3nc4cc(Cl)c(C)cc4[nH]3)cc2)n1. The summed E-state index contributed by atoms with van der Waals surface area (Å²) in [5.74, 6) is 2.27. The Morgan fingerprint density at radius 2 is 1.82 bits per heavy atom. The molecule has 0 unspecified atom stereocenters. The van der Waals surface area contributed by atoms with Crippen LogP contribution in [0.5, 0.6) is 11.6 Å². The molecule has 0 saturated carbocycles. The Balaban J connectivity index is 1.35. The monoisotopic (exact) mass is 457 g/mol. The van der Waals surface area contributed by atoms with Crippen LogP contribution in [0.2, 0.25) is 5.02 Å². The fourth-order valence-corrected chi connectivity index (χ4v) is 3.51. The molecule has 3 aromatic heterocycles. The molecule has 5 rings (SSSR count). The van der Waals surface area contributed by atoms with Crippen molar-refractivity contribution in [3.63, 3.8) is 0 Å². The molecular formula is C24H20ClN7O. The molecule has 0 spiro atoms. The molecule has 0 saturated heterocycles. The molecule has 0 radical (unpaired) electrons. The normalized spacial score (nSPS) is 10.9. The van der Waals surface area contributed by atoms with Crippen molar-refractivity contribution in [1.29, 1.82) is 0 Å². The Morgan fingerprint density at radius 1 is 0.970 bits per heavy atom. The van der Waals surface area contributed by atoms with Crippen molar-refractivity contribution in [2.75, 3.05) is 17.7 Å². The minimum Gasteiger partial charge on any atom is -0.438 e. The zero-order chi connectivity index (χ0) is 22.8. The molecule has 0 bridgehead atoms. The first kappa shape index (κ1) is 20.7. The van der Waals surface area contributed by atoms with Gasteiger partial charge in [-0.3, -0.25) is 0 Å². The lowest BCUT2D eigenvalue weighted by Gasteiger charge is -2.11. The number of aromatic nitrogens is 5. The second-order valence-corrected chi connectivity index (χ2v) is 7.73. The zero-order valence-electron chi connectivity index (χ0n) is 17.9. The summed E-state index contributed by atoms with van der Waals surface area (Å²) >= 11 is 6.20. The molecule has 3 N–H and O–H groups in total. The van der Waals surface area contributed by atoms with Gasteiger partial charge in [0.05, 0.1) is 22.3 Å². The third-order valence-electron chi connectivity index (χ3n) is 5.02. The van der Waals surface area contributed by atoms with E-state index < -0.39 is 0 Å². The minimum absolute atomic E-state index is 0.462. The first-order valence-electron chi connectivity index (χ1n) is 10.3. The Bertz CT molecular complexity index is 1390. The van der Waals surface area contributed by atoms with Crippen molar-refractivity contribution in [2.45, 2.75) is 6.92 Å². The fraction of sp³-hybridized carbons (Fsp3) is 0.0833. The van der Waals surface area contributed by atoms with Gasteiger partial charge in [-0.1, -0.05) is 11.6 Å². The number of aromatic amines is 1. The number of fused-ring (bicyclic) bond motifs is 1. The Hall–Kier alpha value is -4.17. The van der Waals surface area contributed by atoms with Crippen LogP contribution in [0.25, 0.3) is 22.3 Å². The number of imidazole rings is 1. The molecule has 0 aliphatic carbocycles. The highest BCUT2D eigenvalue weighted by molar-refractivity contribution is 6.32. The highest BCUT2D eigenvalue weighted by atomic mass is 35.5. The number of hydrogen-bond donors (Lipinski definition) is 3. The van der Waals surface area contributed by atoms with Gasteiger partial charge in [0.15, 0.2) is 0 Å². The Kier molecular flexibility index (Phi) is 5.50. The quantitative estimate of drug-likeness (QED) is 0.289. The first-order chi connectivity index (χ1) is 16.1. The predicted molar refractivity (Wildman–Crippen MR) is 130 cm³/mol. The van der Waals surface area contributed by atoms with Crippen LogP contribution in [0.1, 0.15) is 5.56 Å². The van der Waals surface area contributed by atoms with E-state index in [1.54, 1.807) is 19.4 Å². The number of nitrogens with one attached hydrogen (secondary N) is 3. The number of hydrogen-bond acceptors (Lipinski definition) is 7. The first-order valence-corrected chi connectivity index (χ1v) is 10.6. The molecule has 3 heterocycles. The average Bonchev–Trinajstić information content (AvgIpc) is 3.21. The van der Waals surface area contributed by atoms with E-state index >= 15 is 0 Å². The van der Waals surface area contributed by atoms with Crippen molar-refractivity contribution < 1.29 is 4.74 Å². The van der Waals surface area contributed by atoms with E-state index in [4.69, 9.17) is 16.3 Å². The number of pyridine rings is 1. The number of anilines is 3. The van der Waals surface area contributed by atoms with Crippen molar-refractivity contribution >= 4 is 40.2 Å². The van der Waals surface area contributed by atoms with Crippen LogP contribution in [-0.2, 0) is 0 Å². The molecule has 0 fully saturated rings. The van der Waals surface area contributed by atoms with Gasteiger partial charge in [-0.05, 0) is 67.1 Å². The minimum atomic E-state index is 0.462. The number of rotatable bonds is 6. The number of H-pyrrole nitrogens is 1. The molecule has 164 valence electrons. The van der Waals surface area contributed by atoms with Crippen LogP contribution >= 0.6 is 11.6 Å². The largest absolute Gasteiger partial charge is 0.438 e. The highest BCUT2D eigenvalue weighted by Gasteiger charge is 2.11. The van der Waals surface area contributed by atoms with Crippen molar-refractivity contribution in [3.8, 4) is 22.9 Å². The van der Waals surface area contributed by atoms with Crippen LogP contribution in [-0.4, -0.2) is 32.0 Å². The van der Waals surface area contributed by atoms with Crippen LogP contribution in [0, 0.1) is 6.92 Å². The molecule has 8 nitrogen and oxygen atoms in total. The molecule has 0 atom stereocenters. The fourth-order valence-electron chi connectivity index (χ4n) is 3.35. The van der Waals surface area contributed by atoms with E-state index in [1.165, 1.54) is 0 Å². The van der Waals surface area contributed by atoms with Gasteiger partial charge in [0.25, 0.3) is 0 Å². The van der Waals surface area contributed by atoms with Crippen LogP contribution in [0.4, 0.5) is 17.6 Å². The van der Waals surface area contributed by atoms with E-state index in [9.17, 15) is 0 Å². The van der Waals surface area contributed by atoms with Crippen LogP contribution in [0.15, 0.2) is 67.0 Å². The topological polar surface area (TPSA) is 101 Å². The lowest BCUT2D eigenvalue weighted by Crippen LogP contribution is -1.98. The number of nitrogens with zero attached hydrogens (tertiary/aromatic N) is 4. The smallest absolute Gasteiger partial charge is 0.228 e. The molecule has 0 amide bonds. The highest BCUT2D eigenvalue weighted by Crippen LogP contribution is 2.31. The molecule has 5 aromatic rings. The third-order valence-corrected chi connectivity index (χ3v) is 5.43. The third kappa shape index (κ3) is 4.42. The Morgan fingerprint density at radius 3 is 2.64 bits per heavy atom. The average molecular weight is 458 g/mol. The lowest BCUT2D eigenvalue weighted by molar-refractivity contribution is 0.465. The van der Waals surface area contributed by atoms with Crippen molar-refractivity contribution in [2.24, 2.45) is 0 Å². The summed E-state index contributed by atoms with van der Waals surface area (Å²) in [7, 11) is 1.77. The Labute approximate surface area is 195 Å². The van der Waals surface area contributed by atoms with Gasteiger partial charge < -0.3 is 20.4 Å². The summed E-state index contributed by atoms with van der Waals surface area (Å²) in [4.78, 5) is 20.8. The molecule has 2 aromatic carbocycles. The maximum atomic E-state index is 6.20. The van der Waals surface area contributed by atoms with E-state index in [-0.39, 0.29) is 0 Å². The number of halogens is 1. The van der Waals surface area contributed by atoms with Gasteiger partial charge in [-0.15, -0.1) is 0 Å². The number of ether oxygens (including phenoxy) is 1. The predicted octanol–water partition coefficient (Wildman–Crippen LogP) is 5.95. The summed E-state index contributed by atoms with van der Waals surface area (Å²) in [6.45, 7) is 1.96. The van der Waals surface area contributed by atoms with Crippen LogP contribution < -0.4 is 15.4 Å². The molecule has 33 heavy (non-hydrogen) atoms. The van der Waals surface area contributed by atoms with Crippen LogP contribution in [0.3, 0.4) is 0 Å². The van der Waals surface area contributed by atoms with Gasteiger partial charge in [-0.2, -0.15) is 0 Å². The van der Waals surface area contributed by atoms with E-state index in [0.29, 0.717) is 28.5 Å². The summed E-state index contributed by atoms with van der Waals surface area (Å²) in [5.41, 5.74) is 5.08. The van der Waals surface area contributed by atoms with Gasteiger partial charge in [0.2, 0.25) is 17.8 Å². The second-order valence-electron chi connectivity index (χ2n) is 7.33. The molecule has 0 aliphatic rings. The van der Waals surface area contributed by atoms with Gasteiger partial charge in [0.1, 0.15) is 5.75 Å². The number of aryl methyl sites for hydroxylation is 1. The molecular weight excluding hydrogens is 438 g/mol.